The van der Waals surface area contributed by atoms with Gasteiger partial charge in [-0.05, 0) is 31.8 Å². The van der Waals surface area contributed by atoms with Crippen LogP contribution in [0, 0.1) is 0 Å². The van der Waals surface area contributed by atoms with Gasteiger partial charge in [-0.1, -0.05) is 12.0 Å². The van der Waals surface area contributed by atoms with E-state index in [2.05, 4.69) is 5.10 Å². The molecular formula is C12H16N2O. The Kier molecular flexibility index (Phi) is 2.99. The first-order chi connectivity index (χ1) is 7.25. The zero-order valence-electron chi connectivity index (χ0n) is 9.07. The van der Waals surface area contributed by atoms with Crippen molar-refractivity contribution in [3.05, 3.63) is 29.6 Å². The molecule has 0 N–H and O–H groups in total. The number of ketones is 1. The van der Waals surface area contributed by atoms with Gasteiger partial charge in [0.05, 0.1) is 11.8 Å². The predicted molar refractivity (Wildman–Crippen MR) is 58.7 cm³/mol. The number of hydrogen-bond acceptors (Lipinski definition) is 2. The van der Waals surface area contributed by atoms with Crippen LogP contribution in [0.4, 0.5) is 0 Å². The van der Waals surface area contributed by atoms with Gasteiger partial charge in [-0.15, -0.1) is 0 Å². The second-order valence-corrected chi connectivity index (χ2v) is 4.13. The number of hydrogen-bond donors (Lipinski definition) is 0. The fourth-order valence-electron chi connectivity index (χ4n) is 1.97. The van der Waals surface area contributed by atoms with Crippen molar-refractivity contribution >= 4 is 5.78 Å². The molecule has 1 fully saturated rings. The Labute approximate surface area is 89.8 Å². The first-order valence-corrected chi connectivity index (χ1v) is 5.48. The fraction of sp³-hybridized carbons (Fsp3) is 0.500. The Morgan fingerprint density at radius 1 is 1.40 bits per heavy atom. The van der Waals surface area contributed by atoms with Gasteiger partial charge in [0.15, 0.2) is 5.78 Å². The zero-order valence-corrected chi connectivity index (χ0v) is 9.07. The number of carbonyl (C=O) groups is 1. The average molecular weight is 204 g/mol. The molecule has 80 valence electrons. The second kappa shape index (κ2) is 4.43. The summed E-state index contributed by atoms with van der Waals surface area (Å²) >= 11 is 0. The third kappa shape index (κ3) is 2.55. The van der Waals surface area contributed by atoms with E-state index in [-0.39, 0.29) is 5.78 Å². The van der Waals surface area contributed by atoms with Gasteiger partial charge in [0.2, 0.25) is 0 Å². The normalized spacial score (nSPS) is 16.5. The maximum atomic E-state index is 11.8. The lowest BCUT2D eigenvalue weighted by atomic mass is 9.93. The highest BCUT2D eigenvalue weighted by Crippen LogP contribution is 2.23. The highest BCUT2D eigenvalue weighted by Gasteiger charge is 2.09. The maximum absolute atomic E-state index is 11.8. The molecule has 0 atom stereocenters. The molecule has 1 aromatic heterocycles. The number of aromatic nitrogens is 2. The Hall–Kier alpha value is -1.38. The van der Waals surface area contributed by atoms with Crippen LogP contribution in [0.5, 0.6) is 0 Å². The lowest BCUT2D eigenvalue weighted by Crippen LogP contribution is -1.99. The summed E-state index contributed by atoms with van der Waals surface area (Å²) in [4.78, 5) is 11.8. The van der Waals surface area contributed by atoms with E-state index in [4.69, 9.17) is 0 Å². The molecule has 1 aliphatic carbocycles. The lowest BCUT2D eigenvalue weighted by molar-refractivity contribution is 0.104. The van der Waals surface area contributed by atoms with E-state index in [1.165, 1.54) is 24.8 Å². The van der Waals surface area contributed by atoms with Crippen molar-refractivity contribution in [1.29, 1.82) is 0 Å². The summed E-state index contributed by atoms with van der Waals surface area (Å²) < 4.78 is 1.66. The van der Waals surface area contributed by atoms with E-state index in [0.29, 0.717) is 5.56 Å². The quantitative estimate of drug-likeness (QED) is 0.548. The van der Waals surface area contributed by atoms with Crippen LogP contribution >= 0.6 is 0 Å². The molecule has 0 unspecified atom stereocenters. The summed E-state index contributed by atoms with van der Waals surface area (Å²) in [6, 6.07) is 0. The van der Waals surface area contributed by atoms with E-state index in [9.17, 15) is 4.79 Å². The van der Waals surface area contributed by atoms with Crippen molar-refractivity contribution in [3.8, 4) is 0 Å². The molecule has 2 rings (SSSR count). The van der Waals surface area contributed by atoms with Gasteiger partial charge in [-0.3, -0.25) is 9.48 Å². The number of rotatable bonds is 2. The van der Waals surface area contributed by atoms with Crippen LogP contribution in [0.2, 0.25) is 0 Å². The lowest BCUT2D eigenvalue weighted by Gasteiger charge is -2.12. The number of aryl methyl sites for hydroxylation is 1. The smallest absolute Gasteiger partial charge is 0.188 e. The minimum Gasteiger partial charge on any atom is -0.289 e. The van der Waals surface area contributed by atoms with Crippen LogP contribution in [0.1, 0.15) is 42.5 Å². The Balaban J connectivity index is 2.08. The van der Waals surface area contributed by atoms with Crippen molar-refractivity contribution in [2.45, 2.75) is 32.1 Å². The minimum atomic E-state index is 0.0972. The molecule has 0 saturated heterocycles. The number of nitrogens with zero attached hydrogens (tertiary/aromatic N) is 2. The third-order valence-electron chi connectivity index (χ3n) is 2.82. The summed E-state index contributed by atoms with van der Waals surface area (Å²) in [7, 11) is 1.82. The molecule has 3 heteroatoms. The number of carbonyl (C=O) groups excluding carboxylic acids is 1. The van der Waals surface area contributed by atoms with Crippen LogP contribution in [0.25, 0.3) is 0 Å². The average Bonchev–Trinajstić information content (AvgIpc) is 2.66. The monoisotopic (exact) mass is 204 g/mol. The minimum absolute atomic E-state index is 0.0972. The van der Waals surface area contributed by atoms with E-state index in [0.717, 1.165) is 12.8 Å². The van der Waals surface area contributed by atoms with Crippen LogP contribution < -0.4 is 0 Å². The Bertz CT molecular complexity index is 382. The third-order valence-corrected chi connectivity index (χ3v) is 2.82. The highest BCUT2D eigenvalue weighted by atomic mass is 16.1. The molecule has 1 aromatic rings. The van der Waals surface area contributed by atoms with Crippen LogP contribution in [0.3, 0.4) is 0 Å². The number of allylic oxidation sites excluding steroid dienone is 2. The van der Waals surface area contributed by atoms with Gasteiger partial charge in [0.1, 0.15) is 0 Å². The topological polar surface area (TPSA) is 34.9 Å². The molecule has 1 saturated carbocycles. The van der Waals surface area contributed by atoms with Crippen molar-refractivity contribution in [2.75, 3.05) is 0 Å². The van der Waals surface area contributed by atoms with Gasteiger partial charge in [-0.2, -0.15) is 5.10 Å². The molecule has 0 spiro atoms. The second-order valence-electron chi connectivity index (χ2n) is 4.13. The summed E-state index contributed by atoms with van der Waals surface area (Å²) in [5.74, 6) is 0.0972. The molecule has 0 aromatic carbocycles. The molecule has 0 bridgehead atoms. The van der Waals surface area contributed by atoms with E-state index < -0.39 is 0 Å². The molecule has 1 aliphatic rings. The fourth-order valence-corrected chi connectivity index (χ4v) is 1.97. The van der Waals surface area contributed by atoms with Crippen LogP contribution in [0.15, 0.2) is 24.0 Å². The van der Waals surface area contributed by atoms with E-state index >= 15 is 0 Å². The SMILES string of the molecule is Cn1cc(C(=O)C=C2CCCCC2)cn1. The van der Waals surface area contributed by atoms with Crippen LogP contribution in [-0.2, 0) is 7.05 Å². The molecule has 3 nitrogen and oxygen atoms in total. The predicted octanol–water partition coefficient (Wildman–Crippen LogP) is 2.49. The van der Waals surface area contributed by atoms with Gasteiger partial charge in [-0.25, -0.2) is 0 Å². The Morgan fingerprint density at radius 3 is 2.73 bits per heavy atom. The summed E-state index contributed by atoms with van der Waals surface area (Å²) in [5, 5.41) is 4.00. The zero-order chi connectivity index (χ0) is 10.7. The molecule has 0 amide bonds. The van der Waals surface area contributed by atoms with Crippen molar-refractivity contribution in [1.82, 2.24) is 9.78 Å². The van der Waals surface area contributed by atoms with Gasteiger partial charge < -0.3 is 0 Å². The summed E-state index contributed by atoms with van der Waals surface area (Å²) in [6.45, 7) is 0. The largest absolute Gasteiger partial charge is 0.289 e. The van der Waals surface area contributed by atoms with Gasteiger partial charge in [0.25, 0.3) is 0 Å². The highest BCUT2D eigenvalue weighted by molar-refractivity contribution is 6.04. The Morgan fingerprint density at radius 2 is 2.13 bits per heavy atom. The summed E-state index contributed by atoms with van der Waals surface area (Å²) in [6.07, 6.45) is 11.1. The molecule has 15 heavy (non-hydrogen) atoms. The van der Waals surface area contributed by atoms with E-state index in [1.807, 2.05) is 7.05 Å². The molecule has 1 heterocycles. The molecule has 0 aliphatic heterocycles. The molecular weight excluding hydrogens is 188 g/mol. The van der Waals surface area contributed by atoms with Crippen LogP contribution in [-0.4, -0.2) is 15.6 Å². The van der Waals surface area contributed by atoms with Gasteiger partial charge in [0, 0.05) is 13.2 Å². The first-order valence-electron chi connectivity index (χ1n) is 5.48. The van der Waals surface area contributed by atoms with Crippen molar-refractivity contribution in [3.63, 3.8) is 0 Å². The molecule has 0 radical (unpaired) electrons. The van der Waals surface area contributed by atoms with E-state index in [1.54, 1.807) is 23.2 Å². The van der Waals surface area contributed by atoms with Crippen molar-refractivity contribution < 1.29 is 4.79 Å². The van der Waals surface area contributed by atoms with Gasteiger partial charge >= 0.3 is 0 Å². The first kappa shape index (κ1) is 10.1. The standard InChI is InChI=1S/C12H16N2O/c1-14-9-11(8-13-14)12(15)7-10-5-3-2-4-6-10/h7-9H,2-6H2,1H3. The maximum Gasteiger partial charge on any atom is 0.188 e. The summed E-state index contributed by atoms with van der Waals surface area (Å²) in [5.41, 5.74) is 1.99. The van der Waals surface area contributed by atoms with Crippen molar-refractivity contribution in [2.24, 2.45) is 7.05 Å².